The zero-order valence-corrected chi connectivity index (χ0v) is 20.0. The summed E-state index contributed by atoms with van der Waals surface area (Å²) in [5.74, 6) is -0.799. The standard InChI is InChI=1S/C23H27ClF3N3O2S/c1-15(16-7-9-20(19(24)12-16)29-33(2)32)22(31)28-14-17-6-8-18(23(25,26)27)13-21(17)30-10-4-3-5-11-30/h6-9,12-13,15,29H,3-5,10-11,14H2,1-2H3,(H,28,31). The van der Waals surface area contributed by atoms with Gasteiger partial charge in [0, 0.05) is 31.6 Å². The summed E-state index contributed by atoms with van der Waals surface area (Å²) in [6.45, 7) is 3.24. The number of halogens is 4. The first kappa shape index (κ1) is 25.4. The minimum absolute atomic E-state index is 0.120. The van der Waals surface area contributed by atoms with Gasteiger partial charge in [0.25, 0.3) is 0 Å². The molecule has 33 heavy (non-hydrogen) atoms. The van der Waals surface area contributed by atoms with E-state index in [0.29, 0.717) is 40.6 Å². The molecule has 0 aromatic heterocycles. The lowest BCUT2D eigenvalue weighted by Gasteiger charge is -2.31. The summed E-state index contributed by atoms with van der Waals surface area (Å²) in [6, 6.07) is 8.70. The van der Waals surface area contributed by atoms with E-state index >= 15 is 0 Å². The van der Waals surface area contributed by atoms with Gasteiger partial charge in [-0.1, -0.05) is 23.7 Å². The highest BCUT2D eigenvalue weighted by Crippen LogP contribution is 2.34. The van der Waals surface area contributed by atoms with E-state index in [1.54, 1.807) is 25.1 Å². The van der Waals surface area contributed by atoms with Crippen molar-refractivity contribution in [3.8, 4) is 0 Å². The van der Waals surface area contributed by atoms with Crippen LogP contribution in [0, 0.1) is 0 Å². The zero-order valence-electron chi connectivity index (χ0n) is 18.5. The van der Waals surface area contributed by atoms with E-state index in [9.17, 15) is 22.2 Å². The van der Waals surface area contributed by atoms with E-state index in [1.807, 2.05) is 4.90 Å². The topological polar surface area (TPSA) is 61.4 Å². The van der Waals surface area contributed by atoms with Crippen LogP contribution in [0.1, 0.15) is 48.8 Å². The SMILES string of the molecule is CC(C(=O)NCc1ccc(C(F)(F)F)cc1N1CCCCC1)c1ccc(NS(C)=O)c(Cl)c1. The van der Waals surface area contributed by atoms with Crippen LogP contribution in [0.5, 0.6) is 0 Å². The van der Waals surface area contributed by atoms with Gasteiger partial charge in [-0.15, -0.1) is 0 Å². The average molecular weight is 502 g/mol. The molecular formula is C23H27ClF3N3O2S. The summed E-state index contributed by atoms with van der Waals surface area (Å²) >= 11 is 6.23. The van der Waals surface area contributed by atoms with Crippen LogP contribution in [-0.4, -0.2) is 29.5 Å². The largest absolute Gasteiger partial charge is 0.416 e. The summed E-state index contributed by atoms with van der Waals surface area (Å²) in [5, 5.41) is 3.19. The van der Waals surface area contributed by atoms with Crippen LogP contribution in [0.25, 0.3) is 0 Å². The maximum atomic E-state index is 13.3. The molecule has 1 aliphatic rings. The number of nitrogens with zero attached hydrogens (tertiary/aromatic N) is 1. The number of benzene rings is 2. The molecule has 1 aliphatic heterocycles. The molecule has 1 saturated heterocycles. The van der Waals surface area contributed by atoms with Crippen molar-refractivity contribution >= 4 is 39.9 Å². The van der Waals surface area contributed by atoms with Gasteiger partial charge in [0.15, 0.2) is 0 Å². The van der Waals surface area contributed by atoms with Gasteiger partial charge in [-0.05, 0) is 61.6 Å². The van der Waals surface area contributed by atoms with Gasteiger partial charge in [0.05, 0.1) is 22.2 Å². The van der Waals surface area contributed by atoms with Crippen molar-refractivity contribution in [1.82, 2.24) is 5.32 Å². The molecule has 5 nitrogen and oxygen atoms in total. The minimum Gasteiger partial charge on any atom is -0.371 e. The molecule has 0 bridgehead atoms. The molecule has 1 amide bonds. The lowest BCUT2D eigenvalue weighted by atomic mass is 9.99. The highest BCUT2D eigenvalue weighted by molar-refractivity contribution is 7.85. The second-order valence-corrected chi connectivity index (χ2v) is 9.64. The molecular weight excluding hydrogens is 475 g/mol. The highest BCUT2D eigenvalue weighted by atomic mass is 35.5. The number of rotatable bonds is 7. The first-order valence-corrected chi connectivity index (χ1v) is 12.6. The second-order valence-electron chi connectivity index (χ2n) is 8.12. The number of alkyl halides is 3. The van der Waals surface area contributed by atoms with Gasteiger partial charge in [-0.2, -0.15) is 13.2 Å². The lowest BCUT2D eigenvalue weighted by Crippen LogP contribution is -2.32. The van der Waals surface area contributed by atoms with Gasteiger partial charge in [-0.25, -0.2) is 4.21 Å². The Labute approximate surface area is 199 Å². The van der Waals surface area contributed by atoms with Crippen LogP contribution in [0.4, 0.5) is 24.5 Å². The van der Waals surface area contributed by atoms with E-state index < -0.39 is 28.6 Å². The Morgan fingerprint density at radius 2 is 1.85 bits per heavy atom. The molecule has 1 heterocycles. The number of carbonyl (C=O) groups excluding carboxylic acids is 1. The van der Waals surface area contributed by atoms with Gasteiger partial charge in [-0.3, -0.25) is 4.79 Å². The summed E-state index contributed by atoms with van der Waals surface area (Å²) in [5.41, 5.74) is 1.65. The summed E-state index contributed by atoms with van der Waals surface area (Å²) in [4.78, 5) is 14.8. The molecule has 2 unspecified atom stereocenters. The van der Waals surface area contributed by atoms with Gasteiger partial charge >= 0.3 is 6.18 Å². The van der Waals surface area contributed by atoms with Crippen molar-refractivity contribution in [3.05, 3.63) is 58.1 Å². The Morgan fingerprint density at radius 1 is 1.15 bits per heavy atom. The van der Waals surface area contributed by atoms with Gasteiger partial charge in [0.1, 0.15) is 11.0 Å². The van der Waals surface area contributed by atoms with Crippen LogP contribution in [0.3, 0.4) is 0 Å². The Morgan fingerprint density at radius 3 is 2.45 bits per heavy atom. The third-order valence-electron chi connectivity index (χ3n) is 5.70. The smallest absolute Gasteiger partial charge is 0.371 e. The Balaban J connectivity index is 1.75. The van der Waals surface area contributed by atoms with E-state index in [2.05, 4.69) is 10.0 Å². The zero-order chi connectivity index (χ0) is 24.2. The van der Waals surface area contributed by atoms with Crippen molar-refractivity contribution in [3.63, 3.8) is 0 Å². The maximum Gasteiger partial charge on any atom is 0.416 e. The molecule has 2 N–H and O–H groups in total. The molecule has 0 radical (unpaired) electrons. The van der Waals surface area contributed by atoms with E-state index in [4.69, 9.17) is 11.6 Å². The summed E-state index contributed by atoms with van der Waals surface area (Å²) < 4.78 is 53.9. The van der Waals surface area contributed by atoms with Crippen molar-refractivity contribution in [1.29, 1.82) is 0 Å². The van der Waals surface area contributed by atoms with Crippen LogP contribution >= 0.6 is 11.6 Å². The molecule has 10 heteroatoms. The average Bonchev–Trinajstić information content (AvgIpc) is 2.78. The number of carbonyl (C=O) groups is 1. The second kappa shape index (κ2) is 10.8. The molecule has 2 atom stereocenters. The Hall–Kier alpha value is -2.26. The highest BCUT2D eigenvalue weighted by Gasteiger charge is 2.32. The fraction of sp³-hybridized carbons (Fsp3) is 0.435. The Kier molecular flexibility index (Phi) is 8.28. The Bertz CT molecular complexity index is 1030. The predicted molar refractivity (Wildman–Crippen MR) is 127 cm³/mol. The molecule has 0 saturated carbocycles. The van der Waals surface area contributed by atoms with Gasteiger partial charge in [0.2, 0.25) is 5.91 Å². The fourth-order valence-electron chi connectivity index (χ4n) is 3.84. The quantitative estimate of drug-likeness (QED) is 0.528. The van der Waals surface area contributed by atoms with Crippen LogP contribution in [0.15, 0.2) is 36.4 Å². The number of piperidine rings is 1. The van der Waals surface area contributed by atoms with Crippen LogP contribution < -0.4 is 14.9 Å². The number of anilines is 2. The van der Waals surface area contributed by atoms with Crippen LogP contribution in [-0.2, 0) is 28.5 Å². The molecule has 0 aliphatic carbocycles. The van der Waals surface area contributed by atoms with E-state index in [-0.39, 0.29) is 12.5 Å². The van der Waals surface area contributed by atoms with E-state index in [1.165, 1.54) is 18.4 Å². The maximum absolute atomic E-state index is 13.3. The predicted octanol–water partition coefficient (Wildman–Crippen LogP) is 5.47. The lowest BCUT2D eigenvalue weighted by molar-refractivity contribution is -0.137. The monoisotopic (exact) mass is 501 g/mol. The summed E-state index contributed by atoms with van der Waals surface area (Å²) in [6.07, 6.45) is -0.0259. The first-order chi connectivity index (χ1) is 15.6. The molecule has 2 aromatic carbocycles. The molecule has 2 aromatic rings. The third-order valence-corrected chi connectivity index (χ3v) is 6.52. The van der Waals surface area contributed by atoms with Crippen molar-refractivity contribution in [2.24, 2.45) is 0 Å². The number of amides is 1. The molecule has 1 fully saturated rings. The number of hydrogen-bond donors (Lipinski definition) is 2. The fourth-order valence-corrected chi connectivity index (χ4v) is 4.62. The molecule has 180 valence electrons. The normalized spacial score (nSPS) is 16.2. The van der Waals surface area contributed by atoms with Crippen LogP contribution in [0.2, 0.25) is 5.02 Å². The third kappa shape index (κ3) is 6.63. The van der Waals surface area contributed by atoms with Gasteiger partial charge < -0.3 is 14.9 Å². The summed E-state index contributed by atoms with van der Waals surface area (Å²) in [7, 11) is -1.28. The van der Waals surface area contributed by atoms with Crippen molar-refractivity contribution in [2.75, 3.05) is 29.0 Å². The van der Waals surface area contributed by atoms with E-state index in [0.717, 1.165) is 25.3 Å². The van der Waals surface area contributed by atoms with Crippen molar-refractivity contribution < 1.29 is 22.2 Å². The van der Waals surface area contributed by atoms with Crippen molar-refractivity contribution in [2.45, 2.75) is 44.8 Å². The number of nitrogens with one attached hydrogen (secondary N) is 2. The minimum atomic E-state index is -4.43. The molecule has 3 rings (SSSR count). The first-order valence-electron chi connectivity index (χ1n) is 10.7. The molecule has 0 spiro atoms. The number of hydrogen-bond acceptors (Lipinski definition) is 3.